The van der Waals surface area contributed by atoms with Gasteiger partial charge in [-0.2, -0.15) is 0 Å². The molecule has 0 saturated heterocycles. The number of rotatable bonds is 3. The summed E-state index contributed by atoms with van der Waals surface area (Å²) in [6.07, 6.45) is 3.05. The molecule has 26 heavy (non-hydrogen) atoms. The maximum atomic E-state index is 11.5. The summed E-state index contributed by atoms with van der Waals surface area (Å²) in [7, 11) is 0. The molecule has 2 unspecified atom stereocenters. The van der Waals surface area contributed by atoms with Gasteiger partial charge in [-0.05, 0) is 50.6 Å². The Hall–Kier alpha value is -2.54. The summed E-state index contributed by atoms with van der Waals surface area (Å²) in [5.74, 6) is -0.181. The second-order valence-electron chi connectivity index (χ2n) is 7.09. The second-order valence-corrected chi connectivity index (χ2v) is 7.09. The fourth-order valence-electron chi connectivity index (χ4n) is 3.73. The van der Waals surface area contributed by atoms with Crippen molar-refractivity contribution in [3.8, 4) is 0 Å². The molecule has 0 saturated carbocycles. The summed E-state index contributed by atoms with van der Waals surface area (Å²) in [5.41, 5.74) is 1.92. The number of guanidine groups is 1. The normalized spacial score (nSPS) is 28.7. The van der Waals surface area contributed by atoms with Crippen LogP contribution in [-0.2, 0) is 0 Å². The van der Waals surface area contributed by atoms with Gasteiger partial charge >= 0.3 is 5.97 Å². The summed E-state index contributed by atoms with van der Waals surface area (Å²) >= 11 is 0. The van der Waals surface area contributed by atoms with E-state index in [2.05, 4.69) is 29.5 Å². The van der Waals surface area contributed by atoms with Crippen LogP contribution < -0.4 is 15.5 Å². The highest BCUT2D eigenvalue weighted by atomic mass is 16.4. The number of nitrogens with zero attached hydrogens (tertiary/aromatic N) is 2. The average Bonchev–Trinajstić information content (AvgIpc) is 2.58. The molecule has 1 aromatic carbocycles. The van der Waals surface area contributed by atoms with Gasteiger partial charge in [0.05, 0.1) is 11.6 Å². The van der Waals surface area contributed by atoms with Crippen molar-refractivity contribution in [2.75, 3.05) is 4.90 Å². The lowest BCUT2D eigenvalue weighted by Gasteiger charge is -2.47. The number of hydrogen-bond acceptors (Lipinski definition) is 6. The Kier molecular flexibility index (Phi) is 4.91. The van der Waals surface area contributed by atoms with Crippen LogP contribution in [0.15, 0.2) is 35.5 Å². The molecule has 0 amide bonds. The number of fused-ring (bicyclic) bond motifs is 1. The van der Waals surface area contributed by atoms with Crippen LogP contribution in [0.4, 0.5) is 5.69 Å². The number of carbonyl (C=O) groups is 1. The van der Waals surface area contributed by atoms with Crippen molar-refractivity contribution in [1.82, 2.24) is 10.6 Å². The fourth-order valence-corrected chi connectivity index (χ4v) is 3.73. The van der Waals surface area contributed by atoms with E-state index in [0.29, 0.717) is 5.96 Å². The Balaban J connectivity index is 2.05. The lowest BCUT2D eigenvalue weighted by molar-refractivity contribution is 0.0696. The Morgan fingerprint density at radius 3 is 2.69 bits per heavy atom. The third-order valence-corrected chi connectivity index (χ3v) is 5.25. The first-order valence-electron chi connectivity index (χ1n) is 8.90. The van der Waals surface area contributed by atoms with Crippen molar-refractivity contribution in [2.24, 2.45) is 10.9 Å². The quantitative estimate of drug-likeness (QED) is 0.660. The summed E-state index contributed by atoms with van der Waals surface area (Å²) < 4.78 is 0. The number of benzene rings is 1. The minimum Gasteiger partial charge on any atom is -0.478 e. The van der Waals surface area contributed by atoms with E-state index in [0.717, 1.165) is 11.3 Å². The molecule has 0 spiro atoms. The Morgan fingerprint density at radius 2 is 2.08 bits per heavy atom. The molecule has 7 heteroatoms. The molecule has 0 aliphatic carbocycles. The summed E-state index contributed by atoms with van der Waals surface area (Å²) in [5, 5.41) is 26.4. The molecule has 140 valence electrons. The van der Waals surface area contributed by atoms with Crippen molar-refractivity contribution in [3.63, 3.8) is 0 Å². The zero-order valence-corrected chi connectivity index (χ0v) is 15.5. The lowest BCUT2D eigenvalue weighted by atomic mass is 9.82. The van der Waals surface area contributed by atoms with Crippen LogP contribution >= 0.6 is 0 Å². The number of nitrogens with one attached hydrogen (secondary N) is 2. The van der Waals surface area contributed by atoms with Crippen molar-refractivity contribution in [2.45, 2.75) is 52.0 Å². The zero-order valence-electron chi connectivity index (χ0n) is 15.5. The first kappa shape index (κ1) is 18.3. The molecule has 0 fully saturated rings. The molecule has 0 radical (unpaired) electrons. The van der Waals surface area contributed by atoms with E-state index in [9.17, 15) is 15.0 Å². The highest BCUT2D eigenvalue weighted by molar-refractivity contribution is 5.89. The SMILES string of the molecule is CC1C=CN=C(N[C@H]2c3cc(C(=O)O)ccc3N(C(C)O)[C@@H](C)[C@@H]2C)N1. The Bertz CT molecular complexity index is 759. The summed E-state index contributed by atoms with van der Waals surface area (Å²) in [6, 6.07) is 5.16. The first-order chi connectivity index (χ1) is 12.3. The third kappa shape index (κ3) is 3.26. The van der Waals surface area contributed by atoms with Gasteiger partial charge in [0.1, 0.15) is 6.23 Å². The number of anilines is 1. The Labute approximate surface area is 153 Å². The number of aromatic carboxylic acids is 1. The highest BCUT2D eigenvalue weighted by Crippen LogP contribution is 2.42. The molecular weight excluding hydrogens is 332 g/mol. The first-order valence-corrected chi connectivity index (χ1v) is 8.90. The van der Waals surface area contributed by atoms with E-state index >= 15 is 0 Å². The molecule has 2 heterocycles. The van der Waals surface area contributed by atoms with E-state index in [4.69, 9.17) is 0 Å². The van der Waals surface area contributed by atoms with Gasteiger partial charge in [0.2, 0.25) is 0 Å². The van der Waals surface area contributed by atoms with E-state index < -0.39 is 12.2 Å². The molecule has 0 bridgehead atoms. The summed E-state index contributed by atoms with van der Waals surface area (Å²) in [4.78, 5) is 17.7. The molecule has 5 atom stereocenters. The van der Waals surface area contributed by atoms with Crippen LogP contribution in [0.3, 0.4) is 0 Å². The zero-order chi connectivity index (χ0) is 19.0. The molecule has 4 N–H and O–H groups in total. The van der Waals surface area contributed by atoms with Crippen LogP contribution in [-0.4, -0.2) is 40.5 Å². The number of aliphatic hydroxyl groups excluding tert-OH is 1. The number of aliphatic imine (C=N–C) groups is 1. The van der Waals surface area contributed by atoms with Crippen LogP contribution in [0.5, 0.6) is 0 Å². The van der Waals surface area contributed by atoms with Crippen molar-refractivity contribution >= 4 is 17.6 Å². The maximum Gasteiger partial charge on any atom is 0.335 e. The van der Waals surface area contributed by atoms with Gasteiger partial charge in [0.25, 0.3) is 0 Å². The van der Waals surface area contributed by atoms with Crippen LogP contribution in [0, 0.1) is 5.92 Å². The Morgan fingerprint density at radius 1 is 1.35 bits per heavy atom. The van der Waals surface area contributed by atoms with Gasteiger partial charge in [0.15, 0.2) is 5.96 Å². The molecule has 0 aromatic heterocycles. The predicted molar refractivity (Wildman–Crippen MR) is 101 cm³/mol. The molecule has 1 aromatic rings. The van der Waals surface area contributed by atoms with E-state index in [1.54, 1.807) is 31.3 Å². The van der Waals surface area contributed by atoms with Gasteiger partial charge < -0.3 is 25.7 Å². The van der Waals surface area contributed by atoms with Crippen LogP contribution in [0.1, 0.15) is 49.7 Å². The van der Waals surface area contributed by atoms with Gasteiger partial charge in [-0.15, -0.1) is 0 Å². The maximum absolute atomic E-state index is 11.5. The molecule has 3 rings (SSSR count). The van der Waals surface area contributed by atoms with Crippen molar-refractivity contribution in [3.05, 3.63) is 41.6 Å². The van der Waals surface area contributed by atoms with Gasteiger partial charge in [-0.1, -0.05) is 6.92 Å². The lowest BCUT2D eigenvalue weighted by Crippen LogP contribution is -2.54. The second kappa shape index (κ2) is 6.99. The number of carboxylic acids is 1. The third-order valence-electron chi connectivity index (χ3n) is 5.25. The highest BCUT2D eigenvalue weighted by Gasteiger charge is 2.38. The van der Waals surface area contributed by atoms with Gasteiger partial charge in [0, 0.05) is 29.9 Å². The smallest absolute Gasteiger partial charge is 0.335 e. The van der Waals surface area contributed by atoms with E-state index in [1.165, 1.54) is 0 Å². The van der Waals surface area contributed by atoms with Gasteiger partial charge in [-0.3, -0.25) is 0 Å². The molecular formula is C19H26N4O3. The van der Waals surface area contributed by atoms with Crippen molar-refractivity contribution < 1.29 is 15.0 Å². The van der Waals surface area contributed by atoms with Gasteiger partial charge in [-0.25, -0.2) is 9.79 Å². The van der Waals surface area contributed by atoms with E-state index in [-0.39, 0.29) is 29.6 Å². The minimum absolute atomic E-state index is 0.0628. The molecule has 2 aliphatic heterocycles. The topological polar surface area (TPSA) is 97.2 Å². The van der Waals surface area contributed by atoms with E-state index in [1.807, 2.05) is 17.9 Å². The molecule has 2 aliphatic rings. The molecule has 7 nitrogen and oxygen atoms in total. The average molecular weight is 358 g/mol. The number of hydrogen-bond donors (Lipinski definition) is 4. The van der Waals surface area contributed by atoms with Crippen LogP contribution in [0.2, 0.25) is 0 Å². The minimum atomic E-state index is -0.967. The predicted octanol–water partition coefficient (Wildman–Crippen LogP) is 2.06. The standard InChI is InChI=1S/C19H26N4O3/c1-10-7-8-20-19(21-10)22-17-11(2)12(3)23(13(4)24)16-6-5-14(18(25)26)9-15(16)17/h5-13,17,24H,1-4H3,(H,25,26)(H2,20,21,22)/t10?,11-,12-,13?,17+/m0/s1. The monoisotopic (exact) mass is 358 g/mol. The number of carboxylic acid groups (broad SMARTS) is 1. The largest absolute Gasteiger partial charge is 0.478 e. The van der Waals surface area contributed by atoms with Crippen molar-refractivity contribution in [1.29, 1.82) is 0 Å². The fraction of sp³-hybridized carbons (Fsp3) is 0.474. The summed E-state index contributed by atoms with van der Waals surface area (Å²) in [6.45, 7) is 7.92. The number of aliphatic hydroxyl groups is 1. The van der Waals surface area contributed by atoms with Crippen LogP contribution in [0.25, 0.3) is 0 Å².